The molecule has 0 spiro atoms. The largest absolute Gasteiger partial charge is 0.383 e. The summed E-state index contributed by atoms with van der Waals surface area (Å²) in [6.07, 6.45) is 1.66. The van der Waals surface area contributed by atoms with Gasteiger partial charge in [-0.15, -0.1) is 0 Å². The number of fused-ring (bicyclic) bond motifs is 1. The van der Waals surface area contributed by atoms with Crippen LogP contribution in [0.3, 0.4) is 0 Å². The first kappa shape index (κ1) is 23.1. The highest BCUT2D eigenvalue weighted by Gasteiger charge is 2.21. The van der Waals surface area contributed by atoms with Crippen molar-refractivity contribution in [1.82, 2.24) is 20.1 Å². The molecule has 4 rings (SSSR count). The quantitative estimate of drug-likeness (QED) is 0.389. The molecule has 0 saturated carbocycles. The Morgan fingerprint density at radius 1 is 1.06 bits per heavy atom. The highest BCUT2D eigenvalue weighted by Crippen LogP contribution is 2.26. The minimum Gasteiger partial charge on any atom is -0.383 e. The van der Waals surface area contributed by atoms with E-state index in [0.29, 0.717) is 42.2 Å². The summed E-state index contributed by atoms with van der Waals surface area (Å²) in [5, 5.41) is 10.7. The Morgan fingerprint density at radius 3 is 2.65 bits per heavy atom. The number of ether oxygens (including phenoxy) is 1. The van der Waals surface area contributed by atoms with E-state index >= 15 is 0 Å². The van der Waals surface area contributed by atoms with Gasteiger partial charge < -0.3 is 15.4 Å². The summed E-state index contributed by atoms with van der Waals surface area (Å²) < 4.78 is 6.60. The minimum atomic E-state index is -0.375. The molecule has 0 atom stereocenters. The zero-order chi connectivity index (χ0) is 24.1. The van der Waals surface area contributed by atoms with Crippen LogP contribution in [0.5, 0.6) is 0 Å². The van der Waals surface area contributed by atoms with E-state index < -0.39 is 0 Å². The van der Waals surface area contributed by atoms with E-state index in [9.17, 15) is 9.59 Å². The lowest BCUT2D eigenvalue weighted by molar-refractivity contribution is 0.0932. The van der Waals surface area contributed by atoms with Crippen LogP contribution in [0, 0.1) is 6.92 Å². The summed E-state index contributed by atoms with van der Waals surface area (Å²) in [5.74, 6) is -0.714. The van der Waals surface area contributed by atoms with Gasteiger partial charge in [0.25, 0.3) is 11.8 Å². The molecule has 0 aliphatic heterocycles. The van der Waals surface area contributed by atoms with Crippen LogP contribution in [0.4, 0.5) is 5.69 Å². The molecule has 2 heterocycles. The highest BCUT2D eigenvalue weighted by atomic mass is 16.5. The highest BCUT2D eigenvalue weighted by molar-refractivity contribution is 6.14. The van der Waals surface area contributed by atoms with Crippen molar-refractivity contribution in [3.63, 3.8) is 0 Å². The molecule has 34 heavy (non-hydrogen) atoms. The number of amides is 2. The zero-order valence-corrected chi connectivity index (χ0v) is 19.5. The number of methoxy groups -OCH3 is 1. The summed E-state index contributed by atoms with van der Waals surface area (Å²) in [6.45, 7) is 5.21. The zero-order valence-electron chi connectivity index (χ0n) is 19.5. The summed E-state index contributed by atoms with van der Waals surface area (Å²) in [7, 11) is 1.56. The molecule has 2 amide bonds. The molecule has 8 nitrogen and oxygen atoms in total. The molecule has 4 aromatic rings. The van der Waals surface area contributed by atoms with E-state index in [0.717, 1.165) is 16.5 Å². The molecule has 0 fully saturated rings. The van der Waals surface area contributed by atoms with Crippen molar-refractivity contribution in [1.29, 1.82) is 0 Å². The van der Waals surface area contributed by atoms with Gasteiger partial charge in [-0.2, -0.15) is 5.10 Å². The van der Waals surface area contributed by atoms with E-state index in [-0.39, 0.29) is 17.5 Å². The van der Waals surface area contributed by atoms with Crippen molar-refractivity contribution in [2.45, 2.75) is 20.4 Å². The van der Waals surface area contributed by atoms with E-state index in [1.165, 1.54) is 0 Å². The summed E-state index contributed by atoms with van der Waals surface area (Å²) >= 11 is 0. The number of carbonyl (C=O) groups excluding carboxylic acids is 2. The molecule has 2 aromatic carbocycles. The molecule has 0 saturated heterocycles. The number of para-hydroxylation sites is 1. The average Bonchev–Trinajstić information content (AvgIpc) is 3.26. The third-order valence-electron chi connectivity index (χ3n) is 5.42. The summed E-state index contributed by atoms with van der Waals surface area (Å²) in [6, 6.07) is 17.3. The second kappa shape index (κ2) is 10.3. The molecule has 2 N–H and O–H groups in total. The van der Waals surface area contributed by atoms with Crippen molar-refractivity contribution in [2.24, 2.45) is 0 Å². The first-order valence-electron chi connectivity index (χ1n) is 11.1. The maximum atomic E-state index is 13.5. The maximum absolute atomic E-state index is 13.5. The molecule has 0 unspecified atom stereocenters. The number of anilines is 1. The fourth-order valence-corrected chi connectivity index (χ4v) is 3.70. The number of rotatable bonds is 8. The smallest absolute Gasteiger partial charge is 0.274 e. The number of benzene rings is 2. The predicted octanol–water partition coefficient (Wildman–Crippen LogP) is 4.06. The third kappa shape index (κ3) is 4.97. The van der Waals surface area contributed by atoms with Crippen molar-refractivity contribution in [2.75, 3.05) is 25.6 Å². The Morgan fingerprint density at radius 2 is 1.88 bits per heavy atom. The first-order valence-corrected chi connectivity index (χ1v) is 11.1. The van der Waals surface area contributed by atoms with Gasteiger partial charge in [-0.1, -0.05) is 42.0 Å². The number of hydrogen-bond donors (Lipinski definition) is 2. The molecule has 8 heteroatoms. The molecule has 0 aliphatic carbocycles. The fraction of sp³-hybridized carbons (Fsp3) is 0.231. The van der Waals surface area contributed by atoms with Crippen molar-refractivity contribution < 1.29 is 14.3 Å². The molecule has 174 valence electrons. The van der Waals surface area contributed by atoms with Crippen LogP contribution >= 0.6 is 0 Å². The van der Waals surface area contributed by atoms with Crippen LogP contribution in [0.25, 0.3) is 22.2 Å². The van der Waals surface area contributed by atoms with Crippen molar-refractivity contribution in [3.05, 3.63) is 77.6 Å². The van der Waals surface area contributed by atoms with E-state index in [1.807, 2.05) is 62.4 Å². The van der Waals surface area contributed by atoms with E-state index in [4.69, 9.17) is 9.72 Å². The van der Waals surface area contributed by atoms with Gasteiger partial charge in [0, 0.05) is 37.3 Å². The third-order valence-corrected chi connectivity index (χ3v) is 5.42. The lowest BCUT2D eigenvalue weighted by Crippen LogP contribution is -2.28. The van der Waals surface area contributed by atoms with Gasteiger partial charge in [0.1, 0.15) is 0 Å². The van der Waals surface area contributed by atoms with E-state index in [2.05, 4.69) is 15.7 Å². The average molecular weight is 458 g/mol. The lowest BCUT2D eigenvalue weighted by Gasteiger charge is -2.11. The molecule has 0 radical (unpaired) electrons. The number of hydrogen-bond acceptors (Lipinski definition) is 5. The summed E-state index contributed by atoms with van der Waals surface area (Å²) in [5.41, 5.74) is 4.43. The Labute approximate surface area is 198 Å². The van der Waals surface area contributed by atoms with Gasteiger partial charge in [-0.05, 0) is 32.0 Å². The summed E-state index contributed by atoms with van der Waals surface area (Å²) in [4.78, 5) is 30.9. The molecule has 2 aromatic heterocycles. The second-order valence-electron chi connectivity index (χ2n) is 7.89. The predicted molar refractivity (Wildman–Crippen MR) is 132 cm³/mol. The second-order valence-corrected chi connectivity index (χ2v) is 7.89. The van der Waals surface area contributed by atoms with Crippen LogP contribution in [-0.4, -0.2) is 46.8 Å². The Bertz CT molecular complexity index is 1350. The Hall–Kier alpha value is -4.04. The van der Waals surface area contributed by atoms with Gasteiger partial charge in [0.05, 0.1) is 29.1 Å². The van der Waals surface area contributed by atoms with Gasteiger partial charge in [-0.3, -0.25) is 14.3 Å². The van der Waals surface area contributed by atoms with Gasteiger partial charge in [0.2, 0.25) is 0 Å². The van der Waals surface area contributed by atoms with Gasteiger partial charge >= 0.3 is 0 Å². The van der Waals surface area contributed by atoms with Crippen LogP contribution in [-0.2, 0) is 11.3 Å². The standard InChI is InChI=1S/C26H27N5O3/c1-4-31-16-23(24(30-31)26(33)27-12-13-34-3)29-25(32)20-15-22(18-9-7-8-17(2)14-18)28-21-11-6-5-10-19(20)21/h5-11,14-16H,4,12-13H2,1-3H3,(H,27,33)(H,29,32). The number of pyridine rings is 1. The van der Waals surface area contributed by atoms with Gasteiger partial charge in [0.15, 0.2) is 5.69 Å². The minimum absolute atomic E-state index is 0.156. The van der Waals surface area contributed by atoms with Crippen LogP contribution in [0.15, 0.2) is 60.8 Å². The number of aryl methyl sites for hydroxylation is 2. The fourth-order valence-electron chi connectivity index (χ4n) is 3.70. The number of nitrogens with zero attached hydrogens (tertiary/aromatic N) is 3. The number of nitrogens with one attached hydrogen (secondary N) is 2. The number of aromatic nitrogens is 3. The van der Waals surface area contributed by atoms with E-state index in [1.54, 1.807) is 24.1 Å². The monoisotopic (exact) mass is 457 g/mol. The molecular weight excluding hydrogens is 430 g/mol. The van der Waals surface area contributed by atoms with Crippen LogP contribution in [0.1, 0.15) is 33.3 Å². The van der Waals surface area contributed by atoms with Crippen LogP contribution in [0.2, 0.25) is 0 Å². The normalized spacial score (nSPS) is 10.9. The first-order chi connectivity index (χ1) is 16.5. The van der Waals surface area contributed by atoms with Crippen LogP contribution < -0.4 is 10.6 Å². The Balaban J connectivity index is 1.71. The topological polar surface area (TPSA) is 98.1 Å². The maximum Gasteiger partial charge on any atom is 0.274 e. The Kier molecular flexibility index (Phi) is 6.98. The molecular formula is C26H27N5O3. The van der Waals surface area contributed by atoms with Crippen molar-refractivity contribution >= 4 is 28.4 Å². The molecule has 0 aliphatic rings. The van der Waals surface area contributed by atoms with Crippen molar-refractivity contribution in [3.8, 4) is 11.3 Å². The van der Waals surface area contributed by atoms with Gasteiger partial charge in [-0.25, -0.2) is 4.98 Å². The molecule has 0 bridgehead atoms. The lowest BCUT2D eigenvalue weighted by atomic mass is 10.0. The SMILES string of the molecule is CCn1cc(NC(=O)c2cc(-c3cccc(C)c3)nc3ccccc23)c(C(=O)NCCOC)n1. The number of carbonyl (C=O) groups is 2.